The second kappa shape index (κ2) is 10.7. The van der Waals surface area contributed by atoms with Crippen LogP contribution in [0.1, 0.15) is 31.2 Å². The van der Waals surface area contributed by atoms with E-state index in [1.54, 1.807) is 6.92 Å². The van der Waals surface area contributed by atoms with Crippen molar-refractivity contribution in [3.63, 3.8) is 0 Å². The molecule has 1 fully saturated rings. The van der Waals surface area contributed by atoms with Crippen molar-refractivity contribution in [2.75, 3.05) is 37.6 Å². The normalized spacial score (nSPS) is 13.7. The summed E-state index contributed by atoms with van der Waals surface area (Å²) < 4.78 is 0. The first kappa shape index (κ1) is 22.6. The number of nitrogens with zero attached hydrogens (tertiary/aromatic N) is 3. The van der Waals surface area contributed by atoms with E-state index in [-0.39, 0.29) is 25.7 Å². The molecule has 1 aromatic carbocycles. The number of hydrogen-bond donors (Lipinski definition) is 1. The number of piperazine rings is 1. The zero-order valence-electron chi connectivity index (χ0n) is 16.4. The SMILES string of the molecule is C.CC(=O)N1CCN(c2ccc(CCc3cccc(CC(=O)CN)c3)nc2)CC1. The van der Waals surface area contributed by atoms with E-state index in [4.69, 9.17) is 5.73 Å². The second-order valence-corrected chi connectivity index (χ2v) is 7.24. The minimum Gasteiger partial charge on any atom is -0.367 e. The highest BCUT2D eigenvalue weighted by Crippen LogP contribution is 2.17. The van der Waals surface area contributed by atoms with E-state index in [9.17, 15) is 9.59 Å². The van der Waals surface area contributed by atoms with Gasteiger partial charge in [-0.15, -0.1) is 0 Å². The molecule has 0 unspecified atom stereocenters. The van der Waals surface area contributed by atoms with Gasteiger partial charge in [0.25, 0.3) is 0 Å². The number of aromatic nitrogens is 1. The van der Waals surface area contributed by atoms with Crippen molar-refractivity contribution in [1.29, 1.82) is 0 Å². The molecule has 156 valence electrons. The smallest absolute Gasteiger partial charge is 0.219 e. The fourth-order valence-corrected chi connectivity index (χ4v) is 3.50. The average Bonchev–Trinajstić information content (AvgIpc) is 2.73. The maximum atomic E-state index is 11.5. The summed E-state index contributed by atoms with van der Waals surface area (Å²) in [6.45, 7) is 4.92. The number of anilines is 1. The lowest BCUT2D eigenvalue weighted by Crippen LogP contribution is -2.48. The van der Waals surface area contributed by atoms with Crippen molar-refractivity contribution in [3.8, 4) is 0 Å². The van der Waals surface area contributed by atoms with Crippen LogP contribution in [0.2, 0.25) is 0 Å². The number of Topliss-reactive ketones (excluding diaryl/α,β-unsaturated/α-hetero) is 1. The van der Waals surface area contributed by atoms with E-state index >= 15 is 0 Å². The summed E-state index contributed by atoms with van der Waals surface area (Å²) in [6.07, 6.45) is 4.06. The third-order valence-corrected chi connectivity index (χ3v) is 5.19. The van der Waals surface area contributed by atoms with Gasteiger partial charge in [-0.3, -0.25) is 14.6 Å². The van der Waals surface area contributed by atoms with Gasteiger partial charge in [0.15, 0.2) is 5.78 Å². The number of amides is 1. The molecule has 0 saturated carbocycles. The van der Waals surface area contributed by atoms with Gasteiger partial charge in [-0.1, -0.05) is 31.7 Å². The molecular formula is C23H32N4O2. The lowest BCUT2D eigenvalue weighted by atomic mass is 10.0. The van der Waals surface area contributed by atoms with Gasteiger partial charge in [-0.2, -0.15) is 0 Å². The first-order valence-electron chi connectivity index (χ1n) is 9.80. The molecule has 6 nitrogen and oxygen atoms in total. The molecule has 1 aliphatic heterocycles. The third kappa shape index (κ3) is 6.39. The summed E-state index contributed by atoms with van der Waals surface area (Å²) in [5, 5.41) is 0. The van der Waals surface area contributed by atoms with Crippen LogP contribution >= 0.6 is 0 Å². The van der Waals surface area contributed by atoms with Crippen molar-refractivity contribution in [2.24, 2.45) is 5.73 Å². The van der Waals surface area contributed by atoms with Crippen LogP contribution in [0, 0.1) is 0 Å². The van der Waals surface area contributed by atoms with Crippen LogP contribution in [0.25, 0.3) is 0 Å². The molecule has 0 aliphatic carbocycles. The Balaban J connectivity index is 0.00000300. The first-order chi connectivity index (χ1) is 13.5. The van der Waals surface area contributed by atoms with Crippen LogP contribution in [-0.2, 0) is 28.9 Å². The van der Waals surface area contributed by atoms with E-state index in [2.05, 4.69) is 34.1 Å². The average molecular weight is 397 g/mol. The van der Waals surface area contributed by atoms with Crippen LogP contribution < -0.4 is 10.6 Å². The van der Waals surface area contributed by atoms with Gasteiger partial charge in [0.2, 0.25) is 5.91 Å². The maximum Gasteiger partial charge on any atom is 0.219 e. The van der Waals surface area contributed by atoms with Gasteiger partial charge in [-0.25, -0.2) is 0 Å². The van der Waals surface area contributed by atoms with Crippen LogP contribution in [-0.4, -0.2) is 54.3 Å². The van der Waals surface area contributed by atoms with Crippen molar-refractivity contribution in [1.82, 2.24) is 9.88 Å². The Hall–Kier alpha value is -2.73. The Morgan fingerprint density at radius 2 is 1.76 bits per heavy atom. The monoisotopic (exact) mass is 396 g/mol. The molecule has 1 amide bonds. The third-order valence-electron chi connectivity index (χ3n) is 5.19. The molecule has 0 radical (unpaired) electrons. The van der Waals surface area contributed by atoms with Crippen LogP contribution in [0.3, 0.4) is 0 Å². The van der Waals surface area contributed by atoms with E-state index in [0.717, 1.165) is 56.0 Å². The second-order valence-electron chi connectivity index (χ2n) is 7.24. The highest BCUT2D eigenvalue weighted by atomic mass is 16.2. The van der Waals surface area contributed by atoms with Crippen molar-refractivity contribution in [3.05, 3.63) is 59.4 Å². The lowest BCUT2D eigenvalue weighted by Gasteiger charge is -2.35. The molecule has 1 aliphatic rings. The Labute approximate surface area is 173 Å². The summed E-state index contributed by atoms with van der Waals surface area (Å²) in [5.41, 5.74) is 9.77. The first-order valence-corrected chi connectivity index (χ1v) is 9.80. The lowest BCUT2D eigenvalue weighted by molar-refractivity contribution is -0.129. The number of benzene rings is 1. The number of ketones is 1. The fourth-order valence-electron chi connectivity index (χ4n) is 3.50. The fraction of sp³-hybridized carbons (Fsp3) is 0.435. The maximum absolute atomic E-state index is 11.5. The highest BCUT2D eigenvalue weighted by Gasteiger charge is 2.18. The Morgan fingerprint density at radius 3 is 2.38 bits per heavy atom. The summed E-state index contributed by atoms with van der Waals surface area (Å²) >= 11 is 0. The van der Waals surface area contributed by atoms with E-state index in [0.29, 0.717) is 6.42 Å². The summed E-state index contributed by atoms with van der Waals surface area (Å²) in [6, 6.07) is 12.3. The van der Waals surface area contributed by atoms with Crippen LogP contribution in [0.4, 0.5) is 5.69 Å². The van der Waals surface area contributed by atoms with Gasteiger partial charge < -0.3 is 15.5 Å². The molecule has 2 heterocycles. The molecule has 1 aromatic heterocycles. The van der Waals surface area contributed by atoms with Gasteiger partial charge in [0.1, 0.15) is 0 Å². The number of nitrogens with two attached hydrogens (primary N) is 1. The molecule has 29 heavy (non-hydrogen) atoms. The predicted octanol–water partition coefficient (Wildman–Crippen LogP) is 2.24. The molecule has 2 N–H and O–H groups in total. The highest BCUT2D eigenvalue weighted by molar-refractivity contribution is 5.82. The minimum atomic E-state index is 0. The van der Waals surface area contributed by atoms with E-state index in [1.165, 1.54) is 5.56 Å². The molecule has 0 spiro atoms. The van der Waals surface area contributed by atoms with Crippen LogP contribution in [0.5, 0.6) is 0 Å². The minimum absolute atomic E-state index is 0. The number of carbonyl (C=O) groups is 2. The Bertz CT molecular complexity index is 812. The van der Waals surface area contributed by atoms with Crippen LogP contribution in [0.15, 0.2) is 42.6 Å². The molecule has 3 rings (SSSR count). The van der Waals surface area contributed by atoms with Gasteiger partial charge in [-0.05, 0) is 36.1 Å². The predicted molar refractivity (Wildman–Crippen MR) is 117 cm³/mol. The number of hydrogen-bond acceptors (Lipinski definition) is 5. The Morgan fingerprint density at radius 1 is 1.03 bits per heavy atom. The van der Waals surface area contributed by atoms with Crippen molar-refractivity contribution < 1.29 is 9.59 Å². The quantitative estimate of drug-likeness (QED) is 0.776. The molecular weight excluding hydrogens is 364 g/mol. The zero-order chi connectivity index (χ0) is 19.9. The Kier molecular flexibility index (Phi) is 8.34. The standard InChI is InChI=1S/C22H28N4O2.CH4/c1-17(27)25-9-11-26(12-10-25)21-8-7-20(24-16-21)6-5-18-3-2-4-19(13-18)14-22(28)15-23;/h2-4,7-8,13,16H,5-6,9-12,14-15,23H2,1H3;1H4. The molecule has 2 aromatic rings. The summed E-state index contributed by atoms with van der Waals surface area (Å²) in [4.78, 5) is 31.7. The van der Waals surface area contributed by atoms with Crippen molar-refractivity contribution in [2.45, 2.75) is 33.6 Å². The van der Waals surface area contributed by atoms with Crippen molar-refractivity contribution >= 4 is 17.4 Å². The number of carbonyl (C=O) groups excluding carboxylic acids is 2. The number of rotatable bonds is 7. The molecule has 6 heteroatoms. The summed E-state index contributed by atoms with van der Waals surface area (Å²) in [7, 11) is 0. The molecule has 0 bridgehead atoms. The molecule has 0 atom stereocenters. The topological polar surface area (TPSA) is 79.5 Å². The van der Waals surface area contributed by atoms with Gasteiger partial charge in [0.05, 0.1) is 18.4 Å². The van der Waals surface area contributed by atoms with E-state index < -0.39 is 0 Å². The zero-order valence-corrected chi connectivity index (χ0v) is 16.4. The largest absolute Gasteiger partial charge is 0.367 e. The molecule has 1 saturated heterocycles. The van der Waals surface area contributed by atoms with E-state index in [1.807, 2.05) is 23.2 Å². The van der Waals surface area contributed by atoms with Gasteiger partial charge in [0, 0.05) is 45.2 Å². The summed E-state index contributed by atoms with van der Waals surface area (Å²) in [5.74, 6) is 0.197. The number of aryl methyl sites for hydroxylation is 2. The van der Waals surface area contributed by atoms with Gasteiger partial charge >= 0.3 is 0 Å². The number of pyridine rings is 1.